The van der Waals surface area contributed by atoms with Gasteiger partial charge in [-0.3, -0.25) is 4.90 Å². The fraction of sp³-hybridized carbons (Fsp3) is 0.571. The molecular formula is C14H23N3. The lowest BCUT2D eigenvalue weighted by Gasteiger charge is -2.36. The van der Waals surface area contributed by atoms with E-state index in [1.54, 1.807) is 0 Å². The first kappa shape index (κ1) is 12.2. The van der Waals surface area contributed by atoms with E-state index in [9.17, 15) is 0 Å². The number of benzene rings is 1. The predicted octanol–water partition coefficient (Wildman–Crippen LogP) is 2.19. The summed E-state index contributed by atoms with van der Waals surface area (Å²) in [5.74, 6) is 0. The van der Waals surface area contributed by atoms with E-state index in [0.29, 0.717) is 0 Å². The zero-order chi connectivity index (χ0) is 12.1. The van der Waals surface area contributed by atoms with Crippen molar-refractivity contribution in [2.24, 2.45) is 0 Å². The maximum atomic E-state index is 5.71. The first-order valence-electron chi connectivity index (χ1n) is 6.62. The van der Waals surface area contributed by atoms with Crippen LogP contribution in [-0.4, -0.2) is 37.6 Å². The SMILES string of the molecule is CCCCN1CCN(c2ccc(N)cc2)CC1. The van der Waals surface area contributed by atoms with Gasteiger partial charge in [0.25, 0.3) is 0 Å². The third-order valence-electron chi connectivity index (χ3n) is 3.46. The first-order chi connectivity index (χ1) is 8.29. The Hall–Kier alpha value is -1.22. The van der Waals surface area contributed by atoms with Crippen LogP contribution in [0.15, 0.2) is 24.3 Å². The summed E-state index contributed by atoms with van der Waals surface area (Å²) in [7, 11) is 0. The van der Waals surface area contributed by atoms with Crippen molar-refractivity contribution >= 4 is 11.4 Å². The lowest BCUT2D eigenvalue weighted by Crippen LogP contribution is -2.46. The molecule has 1 aliphatic rings. The minimum Gasteiger partial charge on any atom is -0.399 e. The van der Waals surface area contributed by atoms with E-state index in [1.807, 2.05) is 12.1 Å². The Balaban J connectivity index is 1.84. The summed E-state index contributed by atoms with van der Waals surface area (Å²) in [6, 6.07) is 8.21. The normalized spacial score (nSPS) is 17.4. The summed E-state index contributed by atoms with van der Waals surface area (Å²) in [5.41, 5.74) is 7.85. The Morgan fingerprint density at radius 1 is 1.06 bits per heavy atom. The highest BCUT2D eigenvalue weighted by molar-refractivity contribution is 5.53. The molecule has 1 saturated heterocycles. The van der Waals surface area contributed by atoms with Crippen LogP contribution in [-0.2, 0) is 0 Å². The van der Waals surface area contributed by atoms with E-state index in [-0.39, 0.29) is 0 Å². The van der Waals surface area contributed by atoms with Crippen molar-refractivity contribution in [1.29, 1.82) is 0 Å². The van der Waals surface area contributed by atoms with Crippen molar-refractivity contribution in [2.45, 2.75) is 19.8 Å². The van der Waals surface area contributed by atoms with Gasteiger partial charge in [0.05, 0.1) is 0 Å². The summed E-state index contributed by atoms with van der Waals surface area (Å²) in [5, 5.41) is 0. The van der Waals surface area contributed by atoms with Crippen molar-refractivity contribution in [2.75, 3.05) is 43.4 Å². The molecule has 0 amide bonds. The Morgan fingerprint density at radius 2 is 1.71 bits per heavy atom. The van der Waals surface area contributed by atoms with E-state index in [0.717, 1.165) is 18.8 Å². The molecule has 0 spiro atoms. The molecule has 0 radical (unpaired) electrons. The lowest BCUT2D eigenvalue weighted by atomic mass is 10.2. The summed E-state index contributed by atoms with van der Waals surface area (Å²) in [6.07, 6.45) is 2.61. The Bertz CT molecular complexity index is 326. The lowest BCUT2D eigenvalue weighted by molar-refractivity contribution is 0.254. The Morgan fingerprint density at radius 3 is 2.29 bits per heavy atom. The second-order valence-electron chi connectivity index (χ2n) is 4.77. The minimum absolute atomic E-state index is 0.843. The molecule has 0 unspecified atom stereocenters. The van der Waals surface area contributed by atoms with Gasteiger partial charge in [-0.15, -0.1) is 0 Å². The quantitative estimate of drug-likeness (QED) is 0.809. The number of nitrogen functional groups attached to an aromatic ring is 1. The standard InChI is InChI=1S/C14H23N3/c1-2-3-8-16-9-11-17(12-10-16)14-6-4-13(15)5-7-14/h4-7H,2-3,8-12,15H2,1H3. The smallest absolute Gasteiger partial charge is 0.0368 e. The van der Waals surface area contributed by atoms with E-state index in [4.69, 9.17) is 5.73 Å². The van der Waals surface area contributed by atoms with Crippen molar-refractivity contribution in [3.05, 3.63) is 24.3 Å². The van der Waals surface area contributed by atoms with Crippen LogP contribution in [0.5, 0.6) is 0 Å². The molecule has 0 aromatic heterocycles. The van der Waals surface area contributed by atoms with Crippen molar-refractivity contribution in [3.8, 4) is 0 Å². The summed E-state index contributed by atoms with van der Waals surface area (Å²) in [4.78, 5) is 5.01. The highest BCUT2D eigenvalue weighted by atomic mass is 15.3. The molecule has 0 saturated carbocycles. The van der Waals surface area contributed by atoms with Gasteiger partial charge in [-0.2, -0.15) is 0 Å². The number of hydrogen-bond donors (Lipinski definition) is 1. The zero-order valence-corrected chi connectivity index (χ0v) is 10.7. The third kappa shape index (κ3) is 3.37. The van der Waals surface area contributed by atoms with Crippen molar-refractivity contribution in [1.82, 2.24) is 4.90 Å². The molecular weight excluding hydrogens is 210 g/mol. The maximum absolute atomic E-state index is 5.71. The van der Waals surface area contributed by atoms with Gasteiger partial charge in [-0.1, -0.05) is 13.3 Å². The Labute approximate surface area is 104 Å². The first-order valence-corrected chi connectivity index (χ1v) is 6.62. The molecule has 0 atom stereocenters. The van der Waals surface area contributed by atoms with Crippen LogP contribution in [0.25, 0.3) is 0 Å². The van der Waals surface area contributed by atoms with E-state index in [2.05, 4.69) is 28.9 Å². The fourth-order valence-corrected chi connectivity index (χ4v) is 2.30. The van der Waals surface area contributed by atoms with Gasteiger partial charge in [0.2, 0.25) is 0 Å². The molecule has 0 bridgehead atoms. The molecule has 1 aliphatic heterocycles. The molecule has 17 heavy (non-hydrogen) atoms. The summed E-state index contributed by atoms with van der Waals surface area (Å²) in [6.45, 7) is 8.15. The van der Waals surface area contributed by atoms with Gasteiger partial charge in [0.1, 0.15) is 0 Å². The Kier molecular flexibility index (Phi) is 4.26. The number of piperazine rings is 1. The van der Waals surface area contributed by atoms with Crippen LogP contribution in [0.1, 0.15) is 19.8 Å². The van der Waals surface area contributed by atoms with Gasteiger partial charge >= 0.3 is 0 Å². The molecule has 2 rings (SSSR count). The van der Waals surface area contributed by atoms with Crippen LogP contribution in [0, 0.1) is 0 Å². The van der Waals surface area contributed by atoms with Gasteiger partial charge < -0.3 is 10.6 Å². The van der Waals surface area contributed by atoms with Crippen LogP contribution in [0.4, 0.5) is 11.4 Å². The molecule has 94 valence electrons. The maximum Gasteiger partial charge on any atom is 0.0368 e. The molecule has 3 heteroatoms. The molecule has 1 fully saturated rings. The van der Waals surface area contributed by atoms with E-state index >= 15 is 0 Å². The molecule has 1 heterocycles. The van der Waals surface area contributed by atoms with Gasteiger partial charge in [0.15, 0.2) is 0 Å². The molecule has 3 nitrogen and oxygen atoms in total. The number of nitrogens with zero attached hydrogens (tertiary/aromatic N) is 2. The van der Waals surface area contributed by atoms with Gasteiger partial charge in [0, 0.05) is 37.6 Å². The van der Waals surface area contributed by atoms with Crippen LogP contribution in [0.2, 0.25) is 0 Å². The zero-order valence-electron chi connectivity index (χ0n) is 10.7. The topological polar surface area (TPSA) is 32.5 Å². The average molecular weight is 233 g/mol. The molecule has 0 aliphatic carbocycles. The largest absolute Gasteiger partial charge is 0.399 e. The summed E-state index contributed by atoms with van der Waals surface area (Å²) < 4.78 is 0. The molecule has 1 aromatic carbocycles. The number of unbranched alkanes of at least 4 members (excludes halogenated alkanes) is 1. The van der Waals surface area contributed by atoms with E-state index < -0.39 is 0 Å². The fourth-order valence-electron chi connectivity index (χ4n) is 2.30. The average Bonchev–Trinajstić information content (AvgIpc) is 2.38. The third-order valence-corrected chi connectivity index (χ3v) is 3.46. The second kappa shape index (κ2) is 5.92. The molecule has 1 aromatic rings. The second-order valence-corrected chi connectivity index (χ2v) is 4.77. The van der Waals surface area contributed by atoms with Crippen LogP contribution in [0.3, 0.4) is 0 Å². The number of anilines is 2. The van der Waals surface area contributed by atoms with Gasteiger partial charge in [-0.25, -0.2) is 0 Å². The van der Waals surface area contributed by atoms with Crippen LogP contribution < -0.4 is 10.6 Å². The molecule has 2 N–H and O–H groups in total. The highest BCUT2D eigenvalue weighted by Crippen LogP contribution is 2.18. The predicted molar refractivity (Wildman–Crippen MR) is 74.4 cm³/mol. The monoisotopic (exact) mass is 233 g/mol. The van der Waals surface area contributed by atoms with E-state index in [1.165, 1.54) is 38.2 Å². The van der Waals surface area contributed by atoms with Crippen molar-refractivity contribution in [3.63, 3.8) is 0 Å². The number of rotatable bonds is 4. The van der Waals surface area contributed by atoms with Crippen LogP contribution >= 0.6 is 0 Å². The van der Waals surface area contributed by atoms with Crippen molar-refractivity contribution < 1.29 is 0 Å². The number of hydrogen-bond acceptors (Lipinski definition) is 3. The summed E-state index contributed by atoms with van der Waals surface area (Å²) >= 11 is 0. The minimum atomic E-state index is 0.843. The highest BCUT2D eigenvalue weighted by Gasteiger charge is 2.16. The number of nitrogens with two attached hydrogens (primary N) is 1. The van der Waals surface area contributed by atoms with Gasteiger partial charge in [-0.05, 0) is 37.2 Å².